The van der Waals surface area contributed by atoms with Crippen molar-refractivity contribution in [2.75, 3.05) is 18.1 Å². The van der Waals surface area contributed by atoms with Gasteiger partial charge in [-0.25, -0.2) is 4.79 Å². The largest absolute Gasteiger partial charge is 0.449 e. The number of ether oxygens (including phenoxy) is 1. The summed E-state index contributed by atoms with van der Waals surface area (Å²) >= 11 is 0. The molecule has 2 rings (SSSR count). The number of carbonyl (C=O) groups excluding carboxylic acids is 1. The van der Waals surface area contributed by atoms with E-state index < -0.39 is 6.09 Å². The molecular formula is C13H14N2O3. The second kappa shape index (κ2) is 5.52. The molecule has 94 valence electrons. The Bertz CT molecular complexity index is 479. The van der Waals surface area contributed by atoms with Gasteiger partial charge in [0.15, 0.2) is 0 Å². The van der Waals surface area contributed by atoms with Gasteiger partial charge in [0.2, 0.25) is 0 Å². The fourth-order valence-corrected chi connectivity index (χ4v) is 2.09. The van der Waals surface area contributed by atoms with Crippen LogP contribution in [0, 0.1) is 11.3 Å². The first-order valence-electron chi connectivity index (χ1n) is 5.83. The van der Waals surface area contributed by atoms with Crippen molar-refractivity contribution in [1.82, 2.24) is 0 Å². The first kappa shape index (κ1) is 12.4. The Balaban J connectivity index is 2.31. The van der Waals surface area contributed by atoms with Crippen molar-refractivity contribution < 1.29 is 14.6 Å². The maximum atomic E-state index is 11.8. The molecule has 1 N–H and O–H groups in total. The summed E-state index contributed by atoms with van der Waals surface area (Å²) in [4.78, 5) is 13.3. The molecule has 1 heterocycles. The van der Waals surface area contributed by atoms with E-state index in [0.29, 0.717) is 30.7 Å². The fourth-order valence-electron chi connectivity index (χ4n) is 2.09. The number of hydrogen-bond donors (Lipinski definition) is 1. The third kappa shape index (κ3) is 2.44. The summed E-state index contributed by atoms with van der Waals surface area (Å²) in [6, 6.07) is 8.78. The lowest BCUT2D eigenvalue weighted by atomic mass is 10.1. The summed E-state index contributed by atoms with van der Waals surface area (Å²) in [5.41, 5.74) is 1.13. The van der Waals surface area contributed by atoms with E-state index in [4.69, 9.17) is 15.1 Å². The number of nitrogens with zero attached hydrogens (tertiary/aromatic N) is 2. The van der Waals surface area contributed by atoms with Crippen LogP contribution in [0.1, 0.15) is 18.4 Å². The molecule has 5 nitrogen and oxygen atoms in total. The van der Waals surface area contributed by atoms with E-state index >= 15 is 0 Å². The first-order valence-corrected chi connectivity index (χ1v) is 5.83. The zero-order valence-electron chi connectivity index (χ0n) is 9.87. The van der Waals surface area contributed by atoms with Crippen LogP contribution < -0.4 is 4.90 Å². The Labute approximate surface area is 105 Å². The zero-order valence-corrected chi connectivity index (χ0v) is 9.87. The van der Waals surface area contributed by atoms with Gasteiger partial charge in [-0.05, 0) is 24.6 Å². The molecule has 1 aliphatic heterocycles. The third-order valence-electron chi connectivity index (χ3n) is 2.95. The fraction of sp³-hybridized carbons (Fsp3) is 0.385. The quantitative estimate of drug-likeness (QED) is 0.880. The van der Waals surface area contributed by atoms with Crippen LogP contribution in [0.5, 0.6) is 0 Å². The van der Waals surface area contributed by atoms with E-state index in [-0.39, 0.29) is 12.6 Å². The van der Waals surface area contributed by atoms with Crippen LogP contribution in [-0.4, -0.2) is 30.5 Å². The number of aliphatic hydroxyl groups excluding tert-OH is 1. The minimum absolute atomic E-state index is 0.0202. The molecule has 5 heteroatoms. The highest BCUT2D eigenvalue weighted by Gasteiger charge is 2.30. The van der Waals surface area contributed by atoms with E-state index in [9.17, 15) is 4.79 Å². The maximum absolute atomic E-state index is 11.8. The Kier molecular flexibility index (Phi) is 3.80. The number of nitriles is 1. The smallest absolute Gasteiger partial charge is 0.414 e. The topological polar surface area (TPSA) is 73.6 Å². The highest BCUT2D eigenvalue weighted by molar-refractivity contribution is 5.89. The highest BCUT2D eigenvalue weighted by atomic mass is 16.6. The van der Waals surface area contributed by atoms with Crippen LogP contribution in [0.2, 0.25) is 0 Å². The van der Waals surface area contributed by atoms with Gasteiger partial charge in [0.1, 0.15) is 0 Å². The maximum Gasteiger partial charge on any atom is 0.414 e. The Morgan fingerprint density at radius 2 is 2.39 bits per heavy atom. The summed E-state index contributed by atoms with van der Waals surface area (Å²) in [5, 5.41) is 17.9. The van der Waals surface area contributed by atoms with Crippen LogP contribution in [0.25, 0.3) is 0 Å². The van der Waals surface area contributed by atoms with Crippen molar-refractivity contribution in [3.8, 4) is 6.07 Å². The number of aliphatic hydroxyl groups is 1. The molecule has 1 saturated heterocycles. The van der Waals surface area contributed by atoms with Crippen molar-refractivity contribution in [3.05, 3.63) is 29.8 Å². The summed E-state index contributed by atoms with van der Waals surface area (Å²) in [6.45, 7) is 0.393. The molecule has 0 spiro atoms. The van der Waals surface area contributed by atoms with Crippen LogP contribution in [0.3, 0.4) is 0 Å². The van der Waals surface area contributed by atoms with Crippen LogP contribution >= 0.6 is 0 Å². The van der Waals surface area contributed by atoms with Crippen LogP contribution in [-0.2, 0) is 4.74 Å². The van der Waals surface area contributed by atoms with Crippen molar-refractivity contribution in [2.24, 2.45) is 0 Å². The predicted molar refractivity (Wildman–Crippen MR) is 65.1 cm³/mol. The minimum Gasteiger partial charge on any atom is -0.449 e. The van der Waals surface area contributed by atoms with Gasteiger partial charge in [-0.1, -0.05) is 6.07 Å². The molecular weight excluding hydrogens is 232 g/mol. The second-order valence-electron chi connectivity index (χ2n) is 4.10. The Hall–Kier alpha value is -2.06. The standard InChI is InChI=1S/C13H14N2O3/c14-9-10-2-1-3-12(8-10)15-11(4-6-16)5-7-18-13(15)17/h1-3,8,11,16H,4-7H2. The van der Waals surface area contributed by atoms with Gasteiger partial charge in [-0.2, -0.15) is 5.26 Å². The number of benzene rings is 1. The summed E-state index contributed by atoms with van der Waals surface area (Å²) in [5.74, 6) is 0. The molecule has 1 atom stereocenters. The lowest BCUT2D eigenvalue weighted by molar-refractivity contribution is 0.124. The summed E-state index contributed by atoms with van der Waals surface area (Å²) in [7, 11) is 0. The zero-order chi connectivity index (χ0) is 13.0. The molecule has 1 fully saturated rings. The average molecular weight is 246 g/mol. The molecule has 0 bridgehead atoms. The van der Waals surface area contributed by atoms with E-state index in [2.05, 4.69) is 0 Å². The van der Waals surface area contributed by atoms with Gasteiger partial charge < -0.3 is 9.84 Å². The lowest BCUT2D eigenvalue weighted by Gasteiger charge is -2.34. The average Bonchev–Trinajstić information content (AvgIpc) is 2.39. The second-order valence-corrected chi connectivity index (χ2v) is 4.10. The third-order valence-corrected chi connectivity index (χ3v) is 2.95. The van der Waals surface area contributed by atoms with Gasteiger partial charge in [0.05, 0.1) is 18.2 Å². The first-order chi connectivity index (χ1) is 8.76. The van der Waals surface area contributed by atoms with Crippen molar-refractivity contribution in [2.45, 2.75) is 18.9 Å². The molecule has 0 aromatic heterocycles. The molecule has 1 aromatic rings. The Morgan fingerprint density at radius 3 is 3.11 bits per heavy atom. The van der Waals surface area contributed by atoms with Crippen molar-refractivity contribution in [3.63, 3.8) is 0 Å². The minimum atomic E-state index is -0.421. The number of cyclic esters (lactones) is 1. The molecule has 0 radical (unpaired) electrons. The van der Waals surface area contributed by atoms with Crippen LogP contribution in [0.15, 0.2) is 24.3 Å². The molecule has 1 amide bonds. The molecule has 18 heavy (non-hydrogen) atoms. The van der Waals surface area contributed by atoms with Crippen LogP contribution in [0.4, 0.5) is 10.5 Å². The number of carbonyl (C=O) groups is 1. The van der Waals surface area contributed by atoms with E-state index in [1.165, 1.54) is 4.90 Å². The summed E-state index contributed by atoms with van der Waals surface area (Å²) < 4.78 is 5.02. The van der Waals surface area contributed by atoms with Gasteiger partial charge in [0.25, 0.3) is 0 Å². The number of rotatable bonds is 3. The van der Waals surface area contributed by atoms with E-state index in [0.717, 1.165) is 0 Å². The number of anilines is 1. The van der Waals surface area contributed by atoms with Gasteiger partial charge >= 0.3 is 6.09 Å². The normalized spacial score (nSPS) is 19.2. The Morgan fingerprint density at radius 1 is 1.56 bits per heavy atom. The SMILES string of the molecule is N#Cc1cccc(N2C(=O)OCCC2CCO)c1. The highest BCUT2D eigenvalue weighted by Crippen LogP contribution is 2.25. The molecule has 1 unspecified atom stereocenters. The summed E-state index contributed by atoms with van der Waals surface area (Å²) in [6.07, 6.45) is 0.768. The molecule has 0 aliphatic carbocycles. The predicted octanol–water partition coefficient (Wildman–Crippen LogP) is 1.66. The number of amides is 1. The van der Waals surface area contributed by atoms with E-state index in [1.54, 1.807) is 24.3 Å². The molecule has 1 aliphatic rings. The van der Waals surface area contributed by atoms with Gasteiger partial charge in [-0.3, -0.25) is 4.90 Å². The van der Waals surface area contributed by atoms with Gasteiger partial charge in [-0.15, -0.1) is 0 Å². The number of hydrogen-bond acceptors (Lipinski definition) is 4. The van der Waals surface area contributed by atoms with E-state index in [1.807, 2.05) is 6.07 Å². The van der Waals surface area contributed by atoms with Crippen molar-refractivity contribution >= 4 is 11.8 Å². The molecule has 1 aromatic carbocycles. The molecule has 0 saturated carbocycles. The van der Waals surface area contributed by atoms with Gasteiger partial charge in [0, 0.05) is 24.8 Å². The monoisotopic (exact) mass is 246 g/mol. The lowest BCUT2D eigenvalue weighted by Crippen LogP contribution is -2.46. The van der Waals surface area contributed by atoms with Crippen molar-refractivity contribution in [1.29, 1.82) is 5.26 Å².